The minimum atomic E-state index is 0.0126. The predicted octanol–water partition coefficient (Wildman–Crippen LogP) is 2.15. The predicted molar refractivity (Wildman–Crippen MR) is 65.4 cm³/mol. The van der Waals surface area contributed by atoms with Crippen molar-refractivity contribution in [3.05, 3.63) is 28.8 Å². The first-order chi connectivity index (χ1) is 7.65. The van der Waals surface area contributed by atoms with Gasteiger partial charge < -0.3 is 11.1 Å². The van der Waals surface area contributed by atoms with Gasteiger partial charge in [-0.2, -0.15) is 0 Å². The Bertz CT molecular complexity index is 426. The van der Waals surface area contributed by atoms with Gasteiger partial charge in [0, 0.05) is 11.7 Å². The Balaban J connectivity index is 2.51. The van der Waals surface area contributed by atoms with Crippen LogP contribution in [0, 0.1) is 0 Å². The molecule has 0 aliphatic carbocycles. The van der Waals surface area contributed by atoms with Crippen molar-refractivity contribution in [2.24, 2.45) is 5.73 Å². The summed E-state index contributed by atoms with van der Waals surface area (Å²) >= 11 is 0. The summed E-state index contributed by atoms with van der Waals surface area (Å²) in [5.74, 6) is 0.0767. The van der Waals surface area contributed by atoms with Crippen LogP contribution in [0.3, 0.4) is 0 Å². The maximum Gasteiger partial charge on any atom is 0.228 e. The van der Waals surface area contributed by atoms with Crippen molar-refractivity contribution in [1.29, 1.82) is 0 Å². The lowest BCUT2D eigenvalue weighted by Gasteiger charge is -2.15. The van der Waals surface area contributed by atoms with E-state index >= 15 is 0 Å². The third-order valence-corrected chi connectivity index (χ3v) is 3.17. The van der Waals surface area contributed by atoms with Crippen LogP contribution in [0.25, 0.3) is 0 Å². The zero-order chi connectivity index (χ0) is 11.7. The summed E-state index contributed by atoms with van der Waals surface area (Å²) < 4.78 is 0. The van der Waals surface area contributed by atoms with Crippen LogP contribution in [0.4, 0.5) is 5.69 Å². The summed E-state index contributed by atoms with van der Waals surface area (Å²) in [5.41, 5.74) is 10.5. The van der Waals surface area contributed by atoms with Crippen molar-refractivity contribution < 1.29 is 4.79 Å². The monoisotopic (exact) mass is 218 g/mol. The molecule has 0 spiro atoms. The Morgan fingerprint density at radius 2 is 2.19 bits per heavy atom. The second kappa shape index (κ2) is 4.26. The first-order valence-electron chi connectivity index (χ1n) is 5.86. The third-order valence-electron chi connectivity index (χ3n) is 3.17. The fourth-order valence-corrected chi connectivity index (χ4v) is 2.16. The Hall–Kier alpha value is -1.35. The molecule has 0 radical (unpaired) electrons. The van der Waals surface area contributed by atoms with Crippen LogP contribution in [0.5, 0.6) is 0 Å². The molecule has 0 saturated carbocycles. The lowest BCUT2D eigenvalue weighted by molar-refractivity contribution is -0.115. The molecule has 0 saturated heterocycles. The topological polar surface area (TPSA) is 55.1 Å². The highest BCUT2D eigenvalue weighted by Crippen LogP contribution is 2.33. The molecule has 3 N–H and O–H groups in total. The number of anilines is 1. The maximum atomic E-state index is 11.4. The van der Waals surface area contributed by atoms with Crippen LogP contribution in [-0.2, 0) is 17.6 Å². The SMILES string of the molecule is CCc1cc2c(c(C(N)CC)c1)NC(=O)C2. The lowest BCUT2D eigenvalue weighted by atomic mass is 9.96. The lowest BCUT2D eigenvalue weighted by Crippen LogP contribution is -2.12. The highest BCUT2D eigenvalue weighted by Gasteiger charge is 2.23. The number of nitrogens with two attached hydrogens (primary N) is 1. The van der Waals surface area contributed by atoms with E-state index in [9.17, 15) is 4.79 Å². The molecular formula is C13H18N2O. The molecule has 1 aliphatic heterocycles. The number of nitrogens with one attached hydrogen (secondary N) is 1. The van der Waals surface area contributed by atoms with E-state index in [4.69, 9.17) is 5.73 Å². The Kier molecular flexibility index (Phi) is 2.97. The molecule has 1 atom stereocenters. The van der Waals surface area contributed by atoms with E-state index in [0.717, 1.165) is 29.7 Å². The Morgan fingerprint density at radius 3 is 2.81 bits per heavy atom. The van der Waals surface area contributed by atoms with Crippen LogP contribution < -0.4 is 11.1 Å². The number of aryl methyl sites for hydroxylation is 1. The number of hydrogen-bond acceptors (Lipinski definition) is 2. The molecule has 1 heterocycles. The first-order valence-corrected chi connectivity index (χ1v) is 5.86. The molecule has 2 rings (SSSR count). The van der Waals surface area contributed by atoms with Crippen LogP contribution in [0.1, 0.15) is 43.0 Å². The quantitative estimate of drug-likeness (QED) is 0.816. The molecular weight excluding hydrogens is 200 g/mol. The highest BCUT2D eigenvalue weighted by atomic mass is 16.1. The number of carbonyl (C=O) groups excluding carboxylic acids is 1. The molecule has 1 amide bonds. The molecule has 3 nitrogen and oxygen atoms in total. The number of carbonyl (C=O) groups is 1. The summed E-state index contributed by atoms with van der Waals surface area (Å²) in [5, 5.41) is 2.91. The van der Waals surface area contributed by atoms with Crippen molar-refractivity contribution >= 4 is 11.6 Å². The van der Waals surface area contributed by atoms with Gasteiger partial charge in [-0.1, -0.05) is 26.0 Å². The fourth-order valence-electron chi connectivity index (χ4n) is 2.16. The van der Waals surface area contributed by atoms with Gasteiger partial charge >= 0.3 is 0 Å². The molecule has 0 aromatic heterocycles. The summed E-state index contributed by atoms with van der Waals surface area (Å²) in [6.45, 7) is 4.18. The summed E-state index contributed by atoms with van der Waals surface area (Å²) in [6.07, 6.45) is 2.35. The van der Waals surface area contributed by atoms with Gasteiger partial charge in [0.2, 0.25) is 5.91 Å². The summed E-state index contributed by atoms with van der Waals surface area (Å²) in [7, 11) is 0. The Labute approximate surface area is 96.0 Å². The van der Waals surface area contributed by atoms with Gasteiger partial charge in [0.1, 0.15) is 0 Å². The molecule has 1 aromatic carbocycles. The van der Waals surface area contributed by atoms with Crippen LogP contribution in [0.2, 0.25) is 0 Å². The van der Waals surface area contributed by atoms with Gasteiger partial charge in [-0.15, -0.1) is 0 Å². The van der Waals surface area contributed by atoms with E-state index in [1.807, 2.05) is 0 Å². The van der Waals surface area contributed by atoms with Gasteiger partial charge in [0.05, 0.1) is 6.42 Å². The largest absolute Gasteiger partial charge is 0.325 e. The van der Waals surface area contributed by atoms with E-state index in [1.165, 1.54) is 5.56 Å². The summed E-state index contributed by atoms with van der Waals surface area (Å²) in [4.78, 5) is 11.4. The number of benzene rings is 1. The molecule has 1 aliphatic rings. The molecule has 0 bridgehead atoms. The number of amides is 1. The number of rotatable bonds is 3. The van der Waals surface area contributed by atoms with Crippen molar-refractivity contribution in [3.63, 3.8) is 0 Å². The zero-order valence-electron chi connectivity index (χ0n) is 9.84. The van der Waals surface area contributed by atoms with Crippen molar-refractivity contribution in [2.75, 3.05) is 5.32 Å². The molecule has 16 heavy (non-hydrogen) atoms. The maximum absolute atomic E-state index is 11.4. The zero-order valence-corrected chi connectivity index (χ0v) is 9.84. The normalized spacial score (nSPS) is 15.8. The third kappa shape index (κ3) is 1.83. The van der Waals surface area contributed by atoms with E-state index < -0.39 is 0 Å². The van der Waals surface area contributed by atoms with Crippen LogP contribution >= 0.6 is 0 Å². The molecule has 86 valence electrons. The van der Waals surface area contributed by atoms with Gasteiger partial charge in [-0.3, -0.25) is 4.79 Å². The average Bonchev–Trinajstić information content (AvgIpc) is 2.66. The van der Waals surface area contributed by atoms with E-state index in [1.54, 1.807) is 0 Å². The smallest absolute Gasteiger partial charge is 0.228 e. The molecule has 0 fully saturated rings. The van der Waals surface area contributed by atoms with E-state index in [2.05, 4.69) is 31.3 Å². The minimum absolute atomic E-state index is 0.0126. The molecule has 1 unspecified atom stereocenters. The summed E-state index contributed by atoms with van der Waals surface area (Å²) in [6, 6.07) is 4.25. The van der Waals surface area contributed by atoms with E-state index in [-0.39, 0.29) is 11.9 Å². The van der Waals surface area contributed by atoms with Gasteiger partial charge in [0.15, 0.2) is 0 Å². The van der Waals surface area contributed by atoms with Gasteiger partial charge in [0.25, 0.3) is 0 Å². The average molecular weight is 218 g/mol. The molecule has 1 aromatic rings. The fraction of sp³-hybridized carbons (Fsp3) is 0.462. The number of fused-ring (bicyclic) bond motifs is 1. The molecule has 3 heteroatoms. The minimum Gasteiger partial charge on any atom is -0.325 e. The van der Waals surface area contributed by atoms with Crippen LogP contribution in [0.15, 0.2) is 12.1 Å². The first kappa shape index (κ1) is 11.1. The van der Waals surface area contributed by atoms with Gasteiger partial charge in [-0.05, 0) is 29.5 Å². The second-order valence-corrected chi connectivity index (χ2v) is 4.31. The standard InChI is InChI=1S/C13H18N2O/c1-3-8-5-9-7-12(16)15-13(9)10(6-8)11(14)4-2/h5-6,11H,3-4,7,14H2,1-2H3,(H,15,16). The van der Waals surface area contributed by atoms with Crippen molar-refractivity contribution in [3.8, 4) is 0 Å². The highest BCUT2D eigenvalue weighted by molar-refractivity contribution is 6.00. The Morgan fingerprint density at radius 1 is 1.44 bits per heavy atom. The van der Waals surface area contributed by atoms with E-state index in [0.29, 0.717) is 6.42 Å². The van der Waals surface area contributed by atoms with Crippen molar-refractivity contribution in [1.82, 2.24) is 0 Å². The van der Waals surface area contributed by atoms with Gasteiger partial charge in [-0.25, -0.2) is 0 Å². The van der Waals surface area contributed by atoms with Crippen LogP contribution in [-0.4, -0.2) is 5.91 Å². The number of hydrogen-bond donors (Lipinski definition) is 2. The van der Waals surface area contributed by atoms with Crippen molar-refractivity contribution in [2.45, 2.75) is 39.2 Å². The second-order valence-electron chi connectivity index (χ2n) is 4.31.